The predicted molar refractivity (Wildman–Crippen MR) is 124 cm³/mol. The summed E-state index contributed by atoms with van der Waals surface area (Å²) in [6.45, 7) is 4.66. The largest absolute Gasteiger partial charge is 0.493 e. The van der Waals surface area contributed by atoms with Crippen LogP contribution in [0.1, 0.15) is 15.4 Å². The van der Waals surface area contributed by atoms with Crippen molar-refractivity contribution in [1.29, 1.82) is 0 Å². The average molecular weight is 455 g/mol. The standard InChI is InChI=1S/C23H26N4O4S/c1-15-21(23(28)27-11-9-26(10-12-27)19-7-5-6-8-24-19)32-22(25-15)16-13-17(29-2)20(31-4)18(14-16)30-3/h5-8,13-14H,9-12H2,1-4H3. The van der Waals surface area contributed by atoms with E-state index in [-0.39, 0.29) is 5.91 Å². The molecule has 3 aromatic rings. The topological polar surface area (TPSA) is 77.0 Å². The molecule has 0 unspecified atom stereocenters. The lowest BCUT2D eigenvalue weighted by Crippen LogP contribution is -2.49. The van der Waals surface area contributed by atoms with Crippen molar-refractivity contribution in [2.45, 2.75) is 6.92 Å². The predicted octanol–water partition coefficient (Wildman–Crippen LogP) is 3.50. The van der Waals surface area contributed by atoms with Crippen LogP contribution in [-0.2, 0) is 0 Å². The first-order valence-corrected chi connectivity index (χ1v) is 11.1. The van der Waals surface area contributed by atoms with Gasteiger partial charge in [0.2, 0.25) is 5.75 Å². The lowest BCUT2D eigenvalue weighted by Gasteiger charge is -2.35. The fourth-order valence-corrected chi connectivity index (χ4v) is 4.77. The number of ether oxygens (including phenoxy) is 3. The third-order valence-electron chi connectivity index (χ3n) is 5.44. The molecule has 1 aliphatic rings. The molecule has 0 aliphatic carbocycles. The fraction of sp³-hybridized carbons (Fsp3) is 0.348. The number of nitrogens with zero attached hydrogens (tertiary/aromatic N) is 4. The number of thiazole rings is 1. The van der Waals surface area contributed by atoms with Gasteiger partial charge in [-0.25, -0.2) is 9.97 Å². The van der Waals surface area contributed by atoms with Crippen molar-refractivity contribution >= 4 is 23.1 Å². The summed E-state index contributed by atoms with van der Waals surface area (Å²) < 4.78 is 16.3. The summed E-state index contributed by atoms with van der Waals surface area (Å²) in [5, 5.41) is 0.734. The Bertz CT molecular complexity index is 1070. The Hall–Kier alpha value is -3.33. The van der Waals surface area contributed by atoms with Gasteiger partial charge in [-0.05, 0) is 31.2 Å². The van der Waals surface area contributed by atoms with Gasteiger partial charge < -0.3 is 24.0 Å². The molecule has 3 heterocycles. The van der Waals surface area contributed by atoms with Gasteiger partial charge in [0.15, 0.2) is 11.5 Å². The summed E-state index contributed by atoms with van der Waals surface area (Å²) >= 11 is 1.38. The summed E-state index contributed by atoms with van der Waals surface area (Å²) in [6, 6.07) is 9.57. The number of piperazine rings is 1. The first-order chi connectivity index (χ1) is 15.5. The number of hydrogen-bond donors (Lipinski definition) is 0. The quantitative estimate of drug-likeness (QED) is 0.564. The van der Waals surface area contributed by atoms with Crippen molar-refractivity contribution in [2.75, 3.05) is 52.4 Å². The van der Waals surface area contributed by atoms with E-state index >= 15 is 0 Å². The number of anilines is 1. The molecule has 4 rings (SSSR count). The summed E-state index contributed by atoms with van der Waals surface area (Å²) in [5.74, 6) is 2.58. The van der Waals surface area contributed by atoms with Crippen molar-refractivity contribution in [1.82, 2.24) is 14.9 Å². The zero-order chi connectivity index (χ0) is 22.7. The molecule has 168 valence electrons. The molecule has 2 aromatic heterocycles. The molecule has 1 aliphatic heterocycles. The van der Waals surface area contributed by atoms with E-state index in [1.807, 2.05) is 42.2 Å². The maximum absolute atomic E-state index is 13.2. The highest BCUT2D eigenvalue weighted by Crippen LogP contribution is 2.42. The maximum Gasteiger partial charge on any atom is 0.265 e. The molecule has 1 fully saturated rings. The van der Waals surface area contributed by atoms with Crippen LogP contribution in [0.4, 0.5) is 5.82 Å². The number of amides is 1. The Kier molecular flexibility index (Phi) is 6.45. The number of methoxy groups -OCH3 is 3. The van der Waals surface area contributed by atoms with Crippen LogP contribution in [0.25, 0.3) is 10.6 Å². The third-order valence-corrected chi connectivity index (χ3v) is 6.64. The Morgan fingerprint density at radius 1 is 1.00 bits per heavy atom. The summed E-state index contributed by atoms with van der Waals surface area (Å²) in [5.41, 5.74) is 1.53. The zero-order valence-electron chi connectivity index (χ0n) is 18.6. The smallest absolute Gasteiger partial charge is 0.265 e. The third kappa shape index (κ3) is 4.20. The van der Waals surface area contributed by atoms with Crippen molar-refractivity contribution in [3.05, 3.63) is 47.1 Å². The number of benzene rings is 1. The second-order valence-corrected chi connectivity index (χ2v) is 8.31. The van der Waals surface area contributed by atoms with E-state index in [2.05, 4.69) is 14.9 Å². The summed E-state index contributed by atoms with van der Waals surface area (Å²) in [6.07, 6.45) is 1.79. The van der Waals surface area contributed by atoms with Gasteiger partial charge in [-0.2, -0.15) is 0 Å². The summed E-state index contributed by atoms with van der Waals surface area (Å²) in [4.78, 5) is 27.1. The Morgan fingerprint density at radius 3 is 2.25 bits per heavy atom. The van der Waals surface area contributed by atoms with E-state index in [1.54, 1.807) is 27.5 Å². The first kappa shape index (κ1) is 21.9. The van der Waals surface area contributed by atoms with Crippen molar-refractivity contribution < 1.29 is 19.0 Å². The van der Waals surface area contributed by atoms with Gasteiger partial charge in [-0.3, -0.25) is 4.79 Å². The number of carbonyl (C=O) groups excluding carboxylic acids is 1. The highest BCUT2D eigenvalue weighted by Gasteiger charge is 2.26. The van der Waals surface area contributed by atoms with E-state index in [4.69, 9.17) is 14.2 Å². The van der Waals surface area contributed by atoms with E-state index in [9.17, 15) is 4.79 Å². The van der Waals surface area contributed by atoms with Crippen molar-refractivity contribution in [3.63, 3.8) is 0 Å². The van der Waals surface area contributed by atoms with Gasteiger partial charge in [0, 0.05) is 37.9 Å². The van der Waals surface area contributed by atoms with Crippen LogP contribution in [-0.4, -0.2) is 68.3 Å². The number of pyridine rings is 1. The molecule has 32 heavy (non-hydrogen) atoms. The van der Waals surface area contributed by atoms with Crippen LogP contribution in [0.5, 0.6) is 17.2 Å². The Labute approximate surface area is 191 Å². The van der Waals surface area contributed by atoms with Gasteiger partial charge in [0.05, 0.1) is 27.0 Å². The molecule has 1 saturated heterocycles. The fourth-order valence-electron chi connectivity index (χ4n) is 3.75. The van der Waals surface area contributed by atoms with E-state index in [1.165, 1.54) is 11.3 Å². The van der Waals surface area contributed by atoms with Crippen LogP contribution in [0.15, 0.2) is 36.5 Å². The number of aromatic nitrogens is 2. The van der Waals surface area contributed by atoms with Crippen LogP contribution < -0.4 is 19.1 Å². The van der Waals surface area contributed by atoms with Crippen molar-refractivity contribution in [2.24, 2.45) is 0 Å². The number of aryl methyl sites for hydroxylation is 1. The van der Waals surface area contributed by atoms with Crippen LogP contribution in [0, 0.1) is 6.92 Å². The minimum atomic E-state index is 0.0133. The molecule has 1 aromatic carbocycles. The molecule has 1 amide bonds. The number of rotatable bonds is 6. The molecule has 0 N–H and O–H groups in total. The average Bonchev–Trinajstić information content (AvgIpc) is 3.24. The molecule has 0 bridgehead atoms. The zero-order valence-corrected chi connectivity index (χ0v) is 19.4. The minimum Gasteiger partial charge on any atom is -0.493 e. The van der Waals surface area contributed by atoms with E-state index < -0.39 is 0 Å². The van der Waals surface area contributed by atoms with Gasteiger partial charge in [-0.1, -0.05) is 6.07 Å². The molecule has 0 radical (unpaired) electrons. The molecular formula is C23H26N4O4S. The molecule has 0 saturated carbocycles. The van der Waals surface area contributed by atoms with Gasteiger partial charge >= 0.3 is 0 Å². The minimum absolute atomic E-state index is 0.0133. The molecule has 0 spiro atoms. The number of carbonyl (C=O) groups is 1. The van der Waals surface area contributed by atoms with E-state index in [0.29, 0.717) is 35.2 Å². The van der Waals surface area contributed by atoms with Crippen LogP contribution in [0.2, 0.25) is 0 Å². The normalized spacial score (nSPS) is 13.8. The van der Waals surface area contributed by atoms with Gasteiger partial charge in [0.25, 0.3) is 5.91 Å². The Morgan fingerprint density at radius 2 is 1.69 bits per heavy atom. The van der Waals surface area contributed by atoms with Crippen molar-refractivity contribution in [3.8, 4) is 27.8 Å². The van der Waals surface area contributed by atoms with Crippen LogP contribution in [0.3, 0.4) is 0 Å². The lowest BCUT2D eigenvalue weighted by molar-refractivity contribution is 0.0750. The van der Waals surface area contributed by atoms with Gasteiger partial charge in [0.1, 0.15) is 15.7 Å². The monoisotopic (exact) mass is 454 g/mol. The highest BCUT2D eigenvalue weighted by atomic mass is 32.1. The second-order valence-electron chi connectivity index (χ2n) is 7.31. The highest BCUT2D eigenvalue weighted by molar-refractivity contribution is 7.17. The van der Waals surface area contributed by atoms with Crippen LogP contribution >= 0.6 is 11.3 Å². The number of hydrogen-bond acceptors (Lipinski definition) is 8. The maximum atomic E-state index is 13.2. The molecule has 0 atom stereocenters. The Balaban J connectivity index is 1.53. The van der Waals surface area contributed by atoms with E-state index in [0.717, 1.165) is 35.2 Å². The second kappa shape index (κ2) is 9.44. The first-order valence-electron chi connectivity index (χ1n) is 10.3. The molecule has 9 heteroatoms. The van der Waals surface area contributed by atoms with Gasteiger partial charge in [-0.15, -0.1) is 11.3 Å². The molecular weight excluding hydrogens is 428 g/mol. The summed E-state index contributed by atoms with van der Waals surface area (Å²) in [7, 11) is 4.72. The SMILES string of the molecule is COc1cc(-c2nc(C)c(C(=O)N3CCN(c4ccccn4)CC3)s2)cc(OC)c1OC. The lowest BCUT2D eigenvalue weighted by atomic mass is 10.2. The molecule has 8 nitrogen and oxygen atoms in total.